The Labute approximate surface area is 116 Å². The van der Waals surface area contributed by atoms with Crippen LogP contribution in [0.5, 0.6) is 0 Å². The summed E-state index contributed by atoms with van der Waals surface area (Å²) in [6.07, 6.45) is 0. The highest BCUT2D eigenvalue weighted by atomic mass is 35.5. The third-order valence-corrected chi connectivity index (χ3v) is 3.41. The molecule has 2 aromatic carbocycles. The summed E-state index contributed by atoms with van der Waals surface area (Å²) in [5.74, 6) is -0.276. The highest BCUT2D eigenvalue weighted by Crippen LogP contribution is 2.34. The van der Waals surface area contributed by atoms with E-state index < -0.39 is 0 Å². The Hall–Kier alpha value is -1.25. The van der Waals surface area contributed by atoms with Crippen LogP contribution in [0.2, 0.25) is 10.0 Å². The molecule has 0 heterocycles. The van der Waals surface area contributed by atoms with Gasteiger partial charge < -0.3 is 4.90 Å². The standard InChI is InChI=1S/C14H12Cl2FN/c1-18(2)14-6-4-10(17)8-11(14)9-3-5-12(15)13(16)7-9/h3-8H,1-2H3. The van der Waals surface area contributed by atoms with E-state index in [0.717, 1.165) is 16.8 Å². The molecule has 4 heteroatoms. The summed E-state index contributed by atoms with van der Waals surface area (Å²) in [5, 5.41) is 0.950. The average molecular weight is 284 g/mol. The number of nitrogens with zero attached hydrogens (tertiary/aromatic N) is 1. The summed E-state index contributed by atoms with van der Waals surface area (Å²) < 4.78 is 13.4. The zero-order chi connectivity index (χ0) is 13.3. The SMILES string of the molecule is CN(C)c1ccc(F)cc1-c1ccc(Cl)c(Cl)c1. The van der Waals surface area contributed by atoms with Gasteiger partial charge >= 0.3 is 0 Å². The summed E-state index contributed by atoms with van der Waals surface area (Å²) in [6, 6.07) is 9.96. The van der Waals surface area contributed by atoms with Gasteiger partial charge in [0, 0.05) is 25.3 Å². The van der Waals surface area contributed by atoms with E-state index in [1.54, 1.807) is 18.2 Å². The number of rotatable bonds is 2. The molecule has 0 fully saturated rings. The van der Waals surface area contributed by atoms with Crippen LogP contribution in [0.25, 0.3) is 11.1 Å². The minimum atomic E-state index is -0.276. The summed E-state index contributed by atoms with van der Waals surface area (Å²) in [7, 11) is 3.82. The molecule has 1 nitrogen and oxygen atoms in total. The number of benzene rings is 2. The monoisotopic (exact) mass is 283 g/mol. The van der Waals surface area contributed by atoms with Crippen molar-refractivity contribution >= 4 is 28.9 Å². The lowest BCUT2D eigenvalue weighted by atomic mass is 10.0. The van der Waals surface area contributed by atoms with E-state index in [4.69, 9.17) is 23.2 Å². The first kappa shape index (κ1) is 13.2. The average Bonchev–Trinajstić information content (AvgIpc) is 2.32. The van der Waals surface area contributed by atoms with Crippen molar-refractivity contribution in [3.8, 4) is 11.1 Å². The molecule has 2 rings (SSSR count). The number of hydrogen-bond acceptors (Lipinski definition) is 1. The lowest BCUT2D eigenvalue weighted by Crippen LogP contribution is -2.10. The Balaban J connectivity index is 2.61. The van der Waals surface area contributed by atoms with Gasteiger partial charge in [0.25, 0.3) is 0 Å². The maximum atomic E-state index is 13.4. The molecule has 0 aliphatic rings. The summed E-state index contributed by atoms with van der Waals surface area (Å²) >= 11 is 11.9. The molecule has 0 bridgehead atoms. The van der Waals surface area contributed by atoms with Gasteiger partial charge in [-0.25, -0.2) is 4.39 Å². The first-order valence-corrected chi connectivity index (χ1v) is 6.17. The summed E-state index contributed by atoms with van der Waals surface area (Å²) in [4.78, 5) is 1.93. The molecule has 0 amide bonds. The Morgan fingerprint density at radius 2 is 1.67 bits per heavy atom. The second-order valence-corrected chi connectivity index (χ2v) is 5.00. The van der Waals surface area contributed by atoms with E-state index >= 15 is 0 Å². The third kappa shape index (κ3) is 2.60. The van der Waals surface area contributed by atoms with E-state index in [1.165, 1.54) is 12.1 Å². The van der Waals surface area contributed by atoms with Gasteiger partial charge in [-0.15, -0.1) is 0 Å². The van der Waals surface area contributed by atoms with Crippen molar-refractivity contribution in [2.24, 2.45) is 0 Å². The van der Waals surface area contributed by atoms with Crippen molar-refractivity contribution in [2.75, 3.05) is 19.0 Å². The Morgan fingerprint density at radius 3 is 2.28 bits per heavy atom. The summed E-state index contributed by atoms with van der Waals surface area (Å²) in [6.45, 7) is 0. The smallest absolute Gasteiger partial charge is 0.123 e. The molecule has 0 aliphatic carbocycles. The van der Waals surface area contributed by atoms with Crippen LogP contribution in [-0.4, -0.2) is 14.1 Å². The molecule has 0 saturated heterocycles. The predicted octanol–water partition coefficient (Wildman–Crippen LogP) is 4.87. The van der Waals surface area contributed by atoms with E-state index in [9.17, 15) is 4.39 Å². The van der Waals surface area contributed by atoms with Crippen molar-refractivity contribution < 1.29 is 4.39 Å². The fraction of sp³-hybridized carbons (Fsp3) is 0.143. The van der Waals surface area contributed by atoms with Crippen LogP contribution in [0.1, 0.15) is 0 Å². The molecule has 0 atom stereocenters. The van der Waals surface area contributed by atoms with Crippen molar-refractivity contribution in [1.82, 2.24) is 0 Å². The highest BCUT2D eigenvalue weighted by molar-refractivity contribution is 6.42. The van der Waals surface area contributed by atoms with E-state index in [2.05, 4.69) is 0 Å². The van der Waals surface area contributed by atoms with Gasteiger partial charge in [0.2, 0.25) is 0 Å². The maximum Gasteiger partial charge on any atom is 0.123 e. The largest absolute Gasteiger partial charge is 0.377 e. The Bertz CT molecular complexity index is 582. The lowest BCUT2D eigenvalue weighted by Gasteiger charge is -2.18. The first-order valence-electron chi connectivity index (χ1n) is 5.41. The highest BCUT2D eigenvalue weighted by Gasteiger charge is 2.10. The Morgan fingerprint density at radius 1 is 0.944 bits per heavy atom. The molecule has 0 unspecified atom stereocenters. The van der Waals surface area contributed by atoms with Gasteiger partial charge in [0.15, 0.2) is 0 Å². The maximum absolute atomic E-state index is 13.4. The number of hydrogen-bond donors (Lipinski definition) is 0. The third-order valence-electron chi connectivity index (χ3n) is 2.67. The summed E-state index contributed by atoms with van der Waals surface area (Å²) in [5.41, 5.74) is 2.56. The van der Waals surface area contributed by atoms with Crippen molar-refractivity contribution in [3.05, 3.63) is 52.3 Å². The molecule has 94 valence electrons. The van der Waals surface area contributed by atoms with Gasteiger partial charge in [0.1, 0.15) is 5.82 Å². The van der Waals surface area contributed by atoms with E-state index in [1.807, 2.05) is 25.1 Å². The second kappa shape index (κ2) is 5.17. The van der Waals surface area contributed by atoms with E-state index in [-0.39, 0.29) is 5.82 Å². The normalized spacial score (nSPS) is 10.5. The minimum absolute atomic E-state index is 0.276. The first-order chi connectivity index (χ1) is 8.49. The van der Waals surface area contributed by atoms with Gasteiger partial charge in [-0.2, -0.15) is 0 Å². The molecule has 0 N–H and O–H groups in total. The molecular weight excluding hydrogens is 272 g/mol. The fourth-order valence-corrected chi connectivity index (χ4v) is 2.09. The van der Waals surface area contributed by atoms with Crippen LogP contribution in [0.15, 0.2) is 36.4 Å². The minimum Gasteiger partial charge on any atom is -0.377 e. The molecule has 0 aliphatic heterocycles. The van der Waals surface area contributed by atoms with Crippen LogP contribution in [0, 0.1) is 5.82 Å². The molecule has 0 spiro atoms. The van der Waals surface area contributed by atoms with Crippen molar-refractivity contribution in [3.63, 3.8) is 0 Å². The predicted molar refractivity (Wildman–Crippen MR) is 76.2 cm³/mol. The van der Waals surface area contributed by atoms with Crippen LogP contribution < -0.4 is 4.90 Å². The van der Waals surface area contributed by atoms with Crippen molar-refractivity contribution in [2.45, 2.75) is 0 Å². The van der Waals surface area contributed by atoms with Gasteiger partial charge in [0.05, 0.1) is 10.0 Å². The molecule has 0 radical (unpaired) electrons. The van der Waals surface area contributed by atoms with Gasteiger partial charge in [-0.3, -0.25) is 0 Å². The lowest BCUT2D eigenvalue weighted by molar-refractivity contribution is 0.628. The van der Waals surface area contributed by atoms with Gasteiger partial charge in [-0.05, 0) is 35.9 Å². The second-order valence-electron chi connectivity index (χ2n) is 4.18. The molecular formula is C14H12Cl2FN. The van der Waals surface area contributed by atoms with Gasteiger partial charge in [-0.1, -0.05) is 29.3 Å². The van der Waals surface area contributed by atoms with Crippen LogP contribution >= 0.6 is 23.2 Å². The number of anilines is 1. The van der Waals surface area contributed by atoms with Crippen LogP contribution in [-0.2, 0) is 0 Å². The fourth-order valence-electron chi connectivity index (χ4n) is 1.79. The van der Waals surface area contributed by atoms with Crippen LogP contribution in [0.4, 0.5) is 10.1 Å². The quantitative estimate of drug-likeness (QED) is 0.760. The molecule has 2 aromatic rings. The molecule has 18 heavy (non-hydrogen) atoms. The Kier molecular flexibility index (Phi) is 3.79. The van der Waals surface area contributed by atoms with E-state index in [0.29, 0.717) is 10.0 Å². The zero-order valence-corrected chi connectivity index (χ0v) is 11.6. The molecule has 0 aromatic heterocycles. The van der Waals surface area contributed by atoms with Crippen LogP contribution in [0.3, 0.4) is 0 Å². The topological polar surface area (TPSA) is 3.24 Å². The molecule has 0 saturated carbocycles. The number of halogens is 3. The zero-order valence-electron chi connectivity index (χ0n) is 10.0. The van der Waals surface area contributed by atoms with Crippen molar-refractivity contribution in [1.29, 1.82) is 0 Å².